The summed E-state index contributed by atoms with van der Waals surface area (Å²) in [6, 6.07) is 9.72. The molecule has 2 unspecified atom stereocenters. The second kappa shape index (κ2) is 10.5. The molecule has 2 atom stereocenters. The molecule has 1 fully saturated rings. The lowest BCUT2D eigenvalue weighted by atomic mass is 10.0. The molecule has 2 N–H and O–H groups in total. The maximum absolute atomic E-state index is 12.0. The summed E-state index contributed by atoms with van der Waals surface area (Å²) in [5, 5.41) is 6.38. The van der Waals surface area contributed by atoms with Gasteiger partial charge in [0.15, 0.2) is 0 Å². The number of para-hydroxylation sites is 1. The Hall–Kier alpha value is -1.26. The normalized spacial score (nSPS) is 18.3. The number of halogens is 1. The fourth-order valence-corrected chi connectivity index (χ4v) is 2.54. The zero-order valence-corrected chi connectivity index (χ0v) is 14.0. The maximum Gasteiger partial charge on any atom is 0.222 e. The highest BCUT2D eigenvalue weighted by molar-refractivity contribution is 5.85. The van der Waals surface area contributed by atoms with Crippen LogP contribution in [0, 0.1) is 11.8 Å². The van der Waals surface area contributed by atoms with E-state index >= 15 is 0 Å². The Morgan fingerprint density at radius 3 is 2.86 bits per heavy atom. The lowest BCUT2D eigenvalue weighted by Crippen LogP contribution is -2.31. The van der Waals surface area contributed by atoms with Crippen LogP contribution >= 0.6 is 12.4 Å². The number of ether oxygens (including phenoxy) is 1. The SMILES string of the molecule is CC(CCOc1ccccc1)C(=O)NCCC1CCNC1.Cl. The summed E-state index contributed by atoms with van der Waals surface area (Å²) in [5.74, 6) is 1.72. The molecule has 0 bridgehead atoms. The monoisotopic (exact) mass is 326 g/mol. The van der Waals surface area contributed by atoms with Crippen LogP contribution in [-0.2, 0) is 4.79 Å². The second-order valence-electron chi connectivity index (χ2n) is 5.79. The number of carbonyl (C=O) groups is 1. The Balaban J connectivity index is 0.00000242. The first-order chi connectivity index (χ1) is 10.3. The molecular formula is C17H27ClN2O2. The smallest absolute Gasteiger partial charge is 0.222 e. The van der Waals surface area contributed by atoms with Crippen LogP contribution in [-0.4, -0.2) is 32.1 Å². The van der Waals surface area contributed by atoms with Gasteiger partial charge in [0.1, 0.15) is 5.75 Å². The van der Waals surface area contributed by atoms with Gasteiger partial charge in [-0.25, -0.2) is 0 Å². The number of amides is 1. The molecule has 1 aromatic carbocycles. The minimum absolute atomic E-state index is 0. The topological polar surface area (TPSA) is 50.4 Å². The average molecular weight is 327 g/mol. The fourth-order valence-electron chi connectivity index (χ4n) is 2.54. The van der Waals surface area contributed by atoms with E-state index < -0.39 is 0 Å². The third-order valence-corrected chi connectivity index (χ3v) is 4.02. The van der Waals surface area contributed by atoms with Gasteiger partial charge in [0.05, 0.1) is 6.61 Å². The van der Waals surface area contributed by atoms with E-state index in [-0.39, 0.29) is 24.2 Å². The van der Waals surface area contributed by atoms with E-state index in [1.165, 1.54) is 6.42 Å². The van der Waals surface area contributed by atoms with Crippen LogP contribution in [0.25, 0.3) is 0 Å². The standard InChI is InChI=1S/C17H26N2O2.ClH/c1-14(9-12-21-16-5-3-2-4-6-16)17(20)19-11-8-15-7-10-18-13-15;/h2-6,14-15,18H,7-13H2,1H3,(H,19,20);1H. The van der Waals surface area contributed by atoms with Gasteiger partial charge < -0.3 is 15.4 Å². The molecule has 0 spiro atoms. The second-order valence-corrected chi connectivity index (χ2v) is 5.79. The molecule has 0 radical (unpaired) electrons. The minimum atomic E-state index is -0.00425. The predicted octanol–water partition coefficient (Wildman–Crippen LogP) is 2.63. The van der Waals surface area contributed by atoms with Crippen LogP contribution in [0.4, 0.5) is 0 Å². The molecule has 0 aromatic heterocycles. The summed E-state index contributed by atoms with van der Waals surface area (Å²) in [4.78, 5) is 12.0. The number of hydrogen-bond donors (Lipinski definition) is 2. The fraction of sp³-hybridized carbons (Fsp3) is 0.588. The molecule has 5 heteroatoms. The minimum Gasteiger partial charge on any atom is -0.494 e. The summed E-state index contributed by atoms with van der Waals surface area (Å²) in [5.41, 5.74) is 0. The molecule has 22 heavy (non-hydrogen) atoms. The summed E-state index contributed by atoms with van der Waals surface area (Å²) in [6.45, 7) is 5.53. The van der Waals surface area contributed by atoms with E-state index in [4.69, 9.17) is 4.74 Å². The van der Waals surface area contributed by atoms with Crippen LogP contribution in [0.3, 0.4) is 0 Å². The van der Waals surface area contributed by atoms with Crippen LogP contribution in [0.1, 0.15) is 26.2 Å². The van der Waals surface area contributed by atoms with Crippen molar-refractivity contribution in [3.8, 4) is 5.75 Å². The van der Waals surface area contributed by atoms with Crippen molar-refractivity contribution in [1.82, 2.24) is 10.6 Å². The lowest BCUT2D eigenvalue weighted by Gasteiger charge is -2.14. The van der Waals surface area contributed by atoms with Gasteiger partial charge in [0.25, 0.3) is 0 Å². The largest absolute Gasteiger partial charge is 0.494 e. The maximum atomic E-state index is 12.0. The third kappa shape index (κ3) is 6.67. The first-order valence-electron chi connectivity index (χ1n) is 7.92. The van der Waals surface area contributed by atoms with Crippen molar-refractivity contribution >= 4 is 18.3 Å². The van der Waals surface area contributed by atoms with Gasteiger partial charge in [-0.05, 0) is 50.4 Å². The zero-order valence-electron chi connectivity index (χ0n) is 13.2. The molecule has 1 aliphatic rings. The molecule has 1 saturated heterocycles. The Morgan fingerprint density at radius 2 is 2.18 bits per heavy atom. The van der Waals surface area contributed by atoms with Gasteiger partial charge in [0.2, 0.25) is 5.91 Å². The highest BCUT2D eigenvalue weighted by Gasteiger charge is 2.16. The van der Waals surface area contributed by atoms with Crippen molar-refractivity contribution in [3.63, 3.8) is 0 Å². The van der Waals surface area contributed by atoms with Crippen molar-refractivity contribution in [2.45, 2.75) is 26.2 Å². The lowest BCUT2D eigenvalue weighted by molar-refractivity contribution is -0.124. The summed E-state index contributed by atoms with van der Waals surface area (Å²) in [6.07, 6.45) is 3.05. The molecule has 0 aliphatic carbocycles. The molecule has 124 valence electrons. The van der Waals surface area contributed by atoms with Gasteiger partial charge in [-0.2, -0.15) is 0 Å². The van der Waals surface area contributed by atoms with E-state index in [2.05, 4.69) is 10.6 Å². The van der Waals surface area contributed by atoms with E-state index in [1.54, 1.807) is 0 Å². The Morgan fingerprint density at radius 1 is 1.41 bits per heavy atom. The van der Waals surface area contributed by atoms with Crippen molar-refractivity contribution in [2.24, 2.45) is 11.8 Å². The van der Waals surface area contributed by atoms with Crippen LogP contribution in [0.2, 0.25) is 0 Å². The number of carbonyl (C=O) groups excluding carboxylic acids is 1. The average Bonchev–Trinajstić information content (AvgIpc) is 3.01. The van der Waals surface area contributed by atoms with Gasteiger partial charge in [-0.1, -0.05) is 25.1 Å². The van der Waals surface area contributed by atoms with Crippen LogP contribution in [0.15, 0.2) is 30.3 Å². The first kappa shape index (κ1) is 18.8. The molecule has 0 saturated carbocycles. The highest BCUT2D eigenvalue weighted by Crippen LogP contribution is 2.12. The van der Waals surface area contributed by atoms with Gasteiger partial charge in [-0.15, -0.1) is 12.4 Å². The van der Waals surface area contributed by atoms with E-state index in [0.717, 1.165) is 44.1 Å². The Bertz CT molecular complexity index is 422. The molecule has 1 aliphatic heterocycles. The third-order valence-electron chi connectivity index (χ3n) is 4.02. The van der Waals surface area contributed by atoms with Crippen LogP contribution in [0.5, 0.6) is 5.75 Å². The van der Waals surface area contributed by atoms with Gasteiger partial charge >= 0.3 is 0 Å². The van der Waals surface area contributed by atoms with Crippen molar-refractivity contribution in [3.05, 3.63) is 30.3 Å². The van der Waals surface area contributed by atoms with Crippen molar-refractivity contribution in [2.75, 3.05) is 26.2 Å². The van der Waals surface area contributed by atoms with Crippen LogP contribution < -0.4 is 15.4 Å². The first-order valence-corrected chi connectivity index (χ1v) is 7.92. The number of nitrogens with one attached hydrogen (secondary N) is 2. The van der Waals surface area contributed by atoms with E-state index in [0.29, 0.717) is 6.61 Å². The Kier molecular flexibility index (Phi) is 8.94. The molecule has 1 heterocycles. The van der Waals surface area contributed by atoms with Gasteiger partial charge in [0, 0.05) is 12.5 Å². The molecule has 4 nitrogen and oxygen atoms in total. The van der Waals surface area contributed by atoms with Crippen molar-refractivity contribution < 1.29 is 9.53 Å². The van der Waals surface area contributed by atoms with E-state index in [1.807, 2.05) is 37.3 Å². The zero-order chi connectivity index (χ0) is 14.9. The molecule has 1 aromatic rings. The van der Waals surface area contributed by atoms with Gasteiger partial charge in [-0.3, -0.25) is 4.79 Å². The molecular weight excluding hydrogens is 300 g/mol. The molecule has 2 rings (SSSR count). The quantitative estimate of drug-likeness (QED) is 0.772. The molecule has 1 amide bonds. The predicted molar refractivity (Wildman–Crippen MR) is 91.6 cm³/mol. The Labute approximate surface area is 139 Å². The van der Waals surface area contributed by atoms with Crippen molar-refractivity contribution in [1.29, 1.82) is 0 Å². The summed E-state index contributed by atoms with van der Waals surface area (Å²) < 4.78 is 5.62. The number of rotatable bonds is 8. The van der Waals surface area contributed by atoms with E-state index in [9.17, 15) is 4.79 Å². The summed E-state index contributed by atoms with van der Waals surface area (Å²) in [7, 11) is 0. The highest BCUT2D eigenvalue weighted by atomic mass is 35.5. The number of hydrogen-bond acceptors (Lipinski definition) is 3. The summed E-state index contributed by atoms with van der Waals surface area (Å²) >= 11 is 0. The number of benzene rings is 1.